The third kappa shape index (κ3) is 5.85. The minimum Gasteiger partial charge on any atom is -0.484 e. The Morgan fingerprint density at radius 2 is 1.97 bits per heavy atom. The lowest BCUT2D eigenvalue weighted by Gasteiger charge is -2.25. The van der Waals surface area contributed by atoms with E-state index in [9.17, 15) is 9.59 Å². The summed E-state index contributed by atoms with van der Waals surface area (Å²) in [6, 6.07) is 6.78. The van der Waals surface area contributed by atoms with E-state index in [4.69, 9.17) is 21.1 Å². The van der Waals surface area contributed by atoms with E-state index >= 15 is 0 Å². The molecule has 158 valence electrons. The zero-order valence-electron chi connectivity index (χ0n) is 16.3. The molecule has 1 N–H and O–H groups in total. The number of ether oxygens (including phenoxy) is 2. The molecule has 0 radical (unpaired) electrons. The quantitative estimate of drug-likeness (QED) is 0.622. The summed E-state index contributed by atoms with van der Waals surface area (Å²) in [6.45, 7) is 6.63. The first-order valence-corrected chi connectivity index (χ1v) is 10.4. The van der Waals surface area contributed by atoms with Crippen molar-refractivity contribution in [3.63, 3.8) is 0 Å². The van der Waals surface area contributed by atoms with Crippen LogP contribution in [0.25, 0.3) is 0 Å². The molecule has 0 atom stereocenters. The monoisotopic (exact) mass is 458 g/mol. The molecule has 0 saturated carbocycles. The predicted octanol–water partition coefficient (Wildman–Crippen LogP) is 4.40. The molecular weight excluding hydrogens is 435 g/mol. The molecule has 1 amide bonds. The highest BCUT2D eigenvalue weighted by molar-refractivity contribution is 7.17. The molecule has 29 heavy (non-hydrogen) atoms. The highest BCUT2D eigenvalue weighted by Gasteiger charge is 2.29. The van der Waals surface area contributed by atoms with E-state index in [0.717, 1.165) is 36.5 Å². The number of rotatable bonds is 7. The van der Waals surface area contributed by atoms with Gasteiger partial charge in [0.05, 0.1) is 12.2 Å². The lowest BCUT2D eigenvalue weighted by Crippen LogP contribution is -2.30. The number of benzene rings is 1. The van der Waals surface area contributed by atoms with Crippen LogP contribution in [0.1, 0.15) is 34.6 Å². The standard InChI is InChI=1S/C20H23ClN2O4S.ClH/c1-3-23-10-9-15-16(11-23)28-19(18(15)20(25)26-4-2)22-17(24)12-27-14-7-5-13(21)6-8-14;/h5-8H,3-4,9-12H2,1-2H3,(H,22,24);1H. The number of fused-ring (bicyclic) bond motifs is 1. The van der Waals surface area contributed by atoms with Crippen LogP contribution in [-0.2, 0) is 22.5 Å². The second-order valence-electron chi connectivity index (χ2n) is 6.34. The number of anilines is 1. The van der Waals surface area contributed by atoms with Gasteiger partial charge in [-0.25, -0.2) is 4.79 Å². The summed E-state index contributed by atoms with van der Waals surface area (Å²) in [7, 11) is 0. The van der Waals surface area contributed by atoms with Gasteiger partial charge < -0.3 is 14.8 Å². The van der Waals surface area contributed by atoms with Gasteiger partial charge >= 0.3 is 5.97 Å². The fourth-order valence-corrected chi connectivity index (χ4v) is 4.50. The van der Waals surface area contributed by atoms with Gasteiger partial charge in [0, 0.05) is 23.0 Å². The number of esters is 1. The molecule has 0 aliphatic carbocycles. The van der Waals surface area contributed by atoms with Crippen molar-refractivity contribution in [2.24, 2.45) is 0 Å². The Kier molecular flexibility index (Phi) is 8.77. The molecule has 0 unspecified atom stereocenters. The zero-order valence-corrected chi connectivity index (χ0v) is 18.7. The van der Waals surface area contributed by atoms with E-state index in [2.05, 4.69) is 17.1 Å². The van der Waals surface area contributed by atoms with Gasteiger partial charge in [0.2, 0.25) is 0 Å². The Morgan fingerprint density at radius 3 is 2.62 bits per heavy atom. The highest BCUT2D eigenvalue weighted by atomic mass is 35.5. The van der Waals surface area contributed by atoms with Crippen LogP contribution in [0.2, 0.25) is 5.02 Å². The molecule has 1 aromatic heterocycles. The molecule has 0 fully saturated rings. The van der Waals surface area contributed by atoms with Gasteiger partial charge in [-0.3, -0.25) is 9.69 Å². The first-order valence-electron chi connectivity index (χ1n) is 9.24. The minimum absolute atomic E-state index is 0. The number of amides is 1. The molecule has 2 heterocycles. The number of carbonyl (C=O) groups excluding carboxylic acids is 2. The van der Waals surface area contributed by atoms with Crippen LogP contribution < -0.4 is 10.1 Å². The molecule has 0 bridgehead atoms. The highest BCUT2D eigenvalue weighted by Crippen LogP contribution is 2.37. The van der Waals surface area contributed by atoms with Gasteiger partial charge in [0.1, 0.15) is 10.8 Å². The first-order chi connectivity index (χ1) is 13.5. The van der Waals surface area contributed by atoms with Crippen molar-refractivity contribution in [1.29, 1.82) is 0 Å². The van der Waals surface area contributed by atoms with Crippen molar-refractivity contribution in [1.82, 2.24) is 4.90 Å². The summed E-state index contributed by atoms with van der Waals surface area (Å²) < 4.78 is 10.7. The number of halogens is 2. The Balaban J connectivity index is 0.00000300. The molecule has 6 nitrogen and oxygen atoms in total. The average Bonchev–Trinajstić information content (AvgIpc) is 3.04. The van der Waals surface area contributed by atoms with Gasteiger partial charge in [0.15, 0.2) is 6.61 Å². The van der Waals surface area contributed by atoms with Crippen LogP contribution in [0.4, 0.5) is 5.00 Å². The number of carbonyl (C=O) groups is 2. The molecule has 2 aromatic rings. The topological polar surface area (TPSA) is 67.9 Å². The number of thiophene rings is 1. The maximum absolute atomic E-state index is 12.5. The summed E-state index contributed by atoms with van der Waals surface area (Å²) in [4.78, 5) is 28.3. The third-order valence-corrected chi connectivity index (χ3v) is 5.88. The van der Waals surface area contributed by atoms with E-state index in [1.54, 1.807) is 31.2 Å². The van der Waals surface area contributed by atoms with Crippen molar-refractivity contribution in [3.05, 3.63) is 45.3 Å². The summed E-state index contributed by atoms with van der Waals surface area (Å²) in [6.07, 6.45) is 0.769. The predicted molar refractivity (Wildman–Crippen MR) is 118 cm³/mol. The van der Waals surface area contributed by atoms with Crippen molar-refractivity contribution in [3.8, 4) is 5.75 Å². The van der Waals surface area contributed by atoms with E-state index in [1.807, 2.05) is 0 Å². The fourth-order valence-electron chi connectivity index (χ4n) is 3.08. The maximum Gasteiger partial charge on any atom is 0.341 e. The SMILES string of the molecule is CCOC(=O)c1c(NC(=O)COc2ccc(Cl)cc2)sc2c1CCN(CC)C2.Cl. The van der Waals surface area contributed by atoms with Gasteiger partial charge in [-0.05, 0) is 49.7 Å². The number of nitrogens with one attached hydrogen (secondary N) is 1. The molecule has 1 aliphatic rings. The summed E-state index contributed by atoms with van der Waals surface area (Å²) in [5.41, 5.74) is 1.47. The number of hydrogen-bond acceptors (Lipinski definition) is 6. The van der Waals surface area contributed by atoms with Crippen LogP contribution in [0.15, 0.2) is 24.3 Å². The Bertz CT molecular complexity index is 855. The van der Waals surface area contributed by atoms with Crippen molar-refractivity contribution in [2.45, 2.75) is 26.8 Å². The van der Waals surface area contributed by atoms with Gasteiger partial charge in [-0.1, -0.05) is 18.5 Å². The molecule has 0 saturated heterocycles. The Hall–Kier alpha value is -1.80. The minimum atomic E-state index is -0.390. The molecule has 3 rings (SSSR count). The Labute approximate surface area is 185 Å². The van der Waals surface area contributed by atoms with Gasteiger partial charge in [0.25, 0.3) is 5.91 Å². The number of likely N-dealkylation sites (N-methyl/N-ethyl adjacent to an activating group) is 1. The van der Waals surface area contributed by atoms with Crippen molar-refractivity contribution >= 4 is 52.2 Å². The molecule has 0 spiro atoms. The van der Waals surface area contributed by atoms with Crippen molar-refractivity contribution in [2.75, 3.05) is 31.6 Å². The molecular formula is C20H24Cl2N2O4S. The van der Waals surface area contributed by atoms with E-state index in [0.29, 0.717) is 21.3 Å². The second kappa shape index (κ2) is 10.8. The van der Waals surface area contributed by atoms with Crippen LogP contribution >= 0.6 is 35.3 Å². The normalized spacial score (nSPS) is 13.2. The van der Waals surface area contributed by atoms with Gasteiger partial charge in [-0.2, -0.15) is 0 Å². The van der Waals surface area contributed by atoms with E-state index in [-0.39, 0.29) is 37.5 Å². The molecule has 9 heteroatoms. The Morgan fingerprint density at radius 1 is 1.24 bits per heavy atom. The molecule has 1 aliphatic heterocycles. The van der Waals surface area contributed by atoms with Crippen molar-refractivity contribution < 1.29 is 19.1 Å². The second-order valence-corrected chi connectivity index (χ2v) is 7.88. The summed E-state index contributed by atoms with van der Waals surface area (Å²) in [5.74, 6) is -0.167. The zero-order chi connectivity index (χ0) is 20.1. The van der Waals surface area contributed by atoms with Crippen LogP contribution in [0, 0.1) is 0 Å². The molecule has 1 aromatic carbocycles. The third-order valence-electron chi connectivity index (χ3n) is 4.50. The van der Waals surface area contributed by atoms with E-state index in [1.165, 1.54) is 11.3 Å². The fraction of sp³-hybridized carbons (Fsp3) is 0.400. The lowest BCUT2D eigenvalue weighted by molar-refractivity contribution is -0.118. The van der Waals surface area contributed by atoms with Crippen LogP contribution in [0.3, 0.4) is 0 Å². The number of hydrogen-bond donors (Lipinski definition) is 1. The summed E-state index contributed by atoms with van der Waals surface area (Å²) in [5, 5.41) is 3.96. The van der Waals surface area contributed by atoms with E-state index < -0.39 is 0 Å². The van der Waals surface area contributed by atoms with Gasteiger partial charge in [-0.15, -0.1) is 23.7 Å². The largest absolute Gasteiger partial charge is 0.484 e. The smallest absolute Gasteiger partial charge is 0.341 e. The maximum atomic E-state index is 12.5. The summed E-state index contributed by atoms with van der Waals surface area (Å²) >= 11 is 7.28. The number of nitrogens with zero attached hydrogens (tertiary/aromatic N) is 1. The van der Waals surface area contributed by atoms with Crippen LogP contribution in [0.5, 0.6) is 5.75 Å². The first kappa shape index (κ1) is 23.5. The lowest BCUT2D eigenvalue weighted by atomic mass is 10.0. The average molecular weight is 459 g/mol. The van der Waals surface area contributed by atoms with Crippen LogP contribution in [-0.4, -0.2) is 43.1 Å².